The van der Waals surface area contributed by atoms with Crippen LogP contribution in [0.3, 0.4) is 0 Å². The van der Waals surface area contributed by atoms with Gasteiger partial charge < -0.3 is 20.7 Å². The van der Waals surface area contributed by atoms with E-state index in [1.165, 1.54) is 6.08 Å². The van der Waals surface area contributed by atoms with E-state index in [0.717, 1.165) is 18.7 Å². The molecule has 0 aliphatic carbocycles. The number of amides is 2. The molecule has 0 bridgehead atoms. The molecule has 1 aliphatic heterocycles. The second kappa shape index (κ2) is 12.8. The summed E-state index contributed by atoms with van der Waals surface area (Å²) >= 11 is 0. The van der Waals surface area contributed by atoms with Crippen LogP contribution in [-0.2, 0) is 30.8 Å². The molecule has 0 aromatic heterocycles. The van der Waals surface area contributed by atoms with E-state index in [4.69, 9.17) is 11.1 Å². The number of rotatable bonds is 13. The monoisotopic (exact) mass is 558 g/mol. The summed E-state index contributed by atoms with van der Waals surface area (Å²) in [5, 5.41) is 9.71. The number of nitrogens with zero attached hydrogens (tertiary/aromatic N) is 2. The molecule has 0 saturated carbocycles. The highest BCUT2D eigenvalue weighted by molar-refractivity contribution is 7.89. The molecule has 0 spiro atoms. The molecule has 0 saturated heterocycles. The number of allylic oxidation sites excluding steroid dienone is 1. The van der Waals surface area contributed by atoms with E-state index in [2.05, 4.69) is 10.3 Å². The zero-order valence-corrected chi connectivity index (χ0v) is 21.3. The molecule has 15 heteroatoms. The number of guanidine groups is 1. The highest BCUT2D eigenvalue weighted by Gasteiger charge is 2.55. The molecule has 38 heavy (non-hydrogen) atoms. The van der Waals surface area contributed by atoms with Gasteiger partial charge in [-0.05, 0) is 42.9 Å². The summed E-state index contributed by atoms with van der Waals surface area (Å²) in [7, 11) is -5.28. The number of hydrogen-bond donors (Lipinski definition) is 4. The van der Waals surface area contributed by atoms with Gasteiger partial charge in [0.25, 0.3) is 5.91 Å². The number of nitrogens with two attached hydrogens (primary N) is 1. The van der Waals surface area contributed by atoms with Crippen molar-refractivity contribution in [3.63, 3.8) is 0 Å². The Hall–Kier alpha value is -3.59. The number of carbonyl (C=O) groups excluding carboxylic acids is 3. The zero-order chi connectivity index (χ0) is 28.6. The van der Waals surface area contributed by atoms with E-state index < -0.39 is 45.5 Å². The summed E-state index contributed by atoms with van der Waals surface area (Å²) in [4.78, 5) is 42.7. The molecule has 1 heterocycles. The number of aryl methyl sites for hydroxylation is 1. The van der Waals surface area contributed by atoms with Crippen molar-refractivity contribution in [3.8, 4) is 0 Å². The Labute approximate surface area is 217 Å². The Bertz CT molecular complexity index is 1200. The lowest BCUT2D eigenvalue weighted by Crippen LogP contribution is -2.71. The Morgan fingerprint density at radius 3 is 2.47 bits per heavy atom. The SMILES string of the molecule is CC(=O)N([C@H](C=O)CCCNC(=N)N)C1(NS(=O)(=O)CC(F)(F)F)C(=O)N=CC=C1CCc1ccccc1. The Morgan fingerprint density at radius 1 is 1.26 bits per heavy atom. The van der Waals surface area contributed by atoms with Crippen LogP contribution in [0.25, 0.3) is 0 Å². The molecule has 11 nitrogen and oxygen atoms in total. The Kier molecular flexibility index (Phi) is 10.3. The lowest BCUT2D eigenvalue weighted by molar-refractivity contribution is -0.149. The number of hydrogen-bond acceptors (Lipinski definition) is 6. The third-order valence-corrected chi connectivity index (χ3v) is 6.92. The van der Waals surface area contributed by atoms with Crippen molar-refractivity contribution < 1.29 is 36.0 Å². The highest BCUT2D eigenvalue weighted by Crippen LogP contribution is 2.34. The van der Waals surface area contributed by atoms with Crippen LogP contribution in [0, 0.1) is 5.41 Å². The summed E-state index contributed by atoms with van der Waals surface area (Å²) < 4.78 is 66.6. The maximum Gasteiger partial charge on any atom is 0.404 e. The number of benzene rings is 1. The predicted octanol–water partition coefficient (Wildman–Crippen LogP) is 1.01. The normalized spacial score (nSPS) is 18.4. The van der Waals surface area contributed by atoms with Crippen molar-refractivity contribution in [3.05, 3.63) is 47.5 Å². The van der Waals surface area contributed by atoms with Crippen molar-refractivity contribution in [2.75, 3.05) is 12.3 Å². The molecule has 0 radical (unpaired) electrons. The quantitative estimate of drug-likeness (QED) is 0.0919. The highest BCUT2D eigenvalue weighted by atomic mass is 32.2. The number of alkyl halides is 3. The van der Waals surface area contributed by atoms with Crippen molar-refractivity contribution >= 4 is 40.3 Å². The van der Waals surface area contributed by atoms with Crippen LogP contribution in [0.15, 0.2) is 47.0 Å². The summed E-state index contributed by atoms with van der Waals surface area (Å²) in [5.41, 5.74) is 3.23. The lowest BCUT2D eigenvalue weighted by atomic mass is 9.88. The molecule has 1 aromatic carbocycles. The number of carbonyl (C=O) groups is 3. The average molecular weight is 559 g/mol. The molecule has 0 fully saturated rings. The van der Waals surface area contributed by atoms with Gasteiger partial charge in [0.05, 0.1) is 6.04 Å². The van der Waals surface area contributed by atoms with Crippen LogP contribution in [0.4, 0.5) is 13.2 Å². The van der Waals surface area contributed by atoms with E-state index in [0.29, 0.717) is 11.2 Å². The molecule has 5 N–H and O–H groups in total. The van der Waals surface area contributed by atoms with Gasteiger partial charge in [-0.3, -0.25) is 15.0 Å². The second-order valence-corrected chi connectivity index (χ2v) is 10.2. The van der Waals surface area contributed by atoms with Gasteiger partial charge in [0.1, 0.15) is 6.29 Å². The van der Waals surface area contributed by atoms with E-state index in [-0.39, 0.29) is 43.8 Å². The first-order valence-electron chi connectivity index (χ1n) is 11.5. The number of aliphatic imine (C=N–C) groups is 1. The molecule has 1 unspecified atom stereocenters. The molecular formula is C23H29F3N6O5S. The molecule has 1 aliphatic rings. The van der Waals surface area contributed by atoms with Gasteiger partial charge in [-0.2, -0.15) is 17.9 Å². The lowest BCUT2D eigenvalue weighted by Gasteiger charge is -2.46. The van der Waals surface area contributed by atoms with Gasteiger partial charge in [-0.15, -0.1) is 0 Å². The van der Waals surface area contributed by atoms with Gasteiger partial charge in [-0.1, -0.05) is 30.3 Å². The van der Waals surface area contributed by atoms with Crippen LogP contribution in [0.2, 0.25) is 0 Å². The first-order chi connectivity index (χ1) is 17.7. The maximum atomic E-state index is 13.4. The van der Waals surface area contributed by atoms with Crippen molar-refractivity contribution in [1.82, 2.24) is 14.9 Å². The summed E-state index contributed by atoms with van der Waals surface area (Å²) in [5.74, 6) is -4.90. The molecule has 2 amide bonds. The van der Waals surface area contributed by atoms with Crippen LogP contribution in [-0.4, -0.2) is 73.8 Å². The first-order valence-corrected chi connectivity index (χ1v) is 13.1. The van der Waals surface area contributed by atoms with Crippen LogP contribution in [0.1, 0.15) is 31.7 Å². The molecule has 2 rings (SSSR count). The smallest absolute Gasteiger partial charge is 0.370 e. The summed E-state index contributed by atoms with van der Waals surface area (Å²) in [6, 6.07) is 7.34. The molecule has 1 aromatic rings. The zero-order valence-electron chi connectivity index (χ0n) is 20.5. The minimum Gasteiger partial charge on any atom is -0.370 e. The van der Waals surface area contributed by atoms with Gasteiger partial charge >= 0.3 is 6.18 Å². The number of halogens is 3. The van der Waals surface area contributed by atoms with Crippen LogP contribution in [0.5, 0.6) is 0 Å². The van der Waals surface area contributed by atoms with Crippen molar-refractivity contribution in [2.45, 2.75) is 50.5 Å². The van der Waals surface area contributed by atoms with Gasteiger partial charge in [0.2, 0.25) is 21.6 Å². The van der Waals surface area contributed by atoms with Gasteiger partial charge in [0, 0.05) is 19.7 Å². The fourth-order valence-electron chi connectivity index (χ4n) is 4.14. The number of dihydropyridines is 1. The molecular weight excluding hydrogens is 529 g/mol. The largest absolute Gasteiger partial charge is 0.404 e. The third kappa shape index (κ3) is 8.21. The third-order valence-electron chi connectivity index (χ3n) is 5.61. The fourth-order valence-corrected chi connectivity index (χ4v) is 5.41. The van der Waals surface area contributed by atoms with E-state index in [1.807, 2.05) is 0 Å². The van der Waals surface area contributed by atoms with Gasteiger partial charge in [0.15, 0.2) is 11.7 Å². The first kappa shape index (κ1) is 30.6. The summed E-state index contributed by atoms with van der Waals surface area (Å²) in [6.45, 7) is 1.06. The summed E-state index contributed by atoms with van der Waals surface area (Å²) in [6.07, 6.45) is -2.37. The minimum atomic E-state index is -5.28. The molecule has 2 atom stereocenters. The van der Waals surface area contributed by atoms with Crippen molar-refractivity contribution in [2.24, 2.45) is 10.7 Å². The van der Waals surface area contributed by atoms with Crippen molar-refractivity contribution in [1.29, 1.82) is 5.41 Å². The number of aldehydes is 1. The van der Waals surface area contributed by atoms with Gasteiger partial charge in [-0.25, -0.2) is 13.4 Å². The maximum absolute atomic E-state index is 13.4. The number of sulfonamides is 1. The topological polar surface area (TPSA) is 175 Å². The van der Waals surface area contributed by atoms with E-state index >= 15 is 0 Å². The average Bonchev–Trinajstić information content (AvgIpc) is 2.80. The second-order valence-electron chi connectivity index (χ2n) is 8.52. The van der Waals surface area contributed by atoms with Crippen LogP contribution < -0.4 is 15.8 Å². The standard InChI is InChI=1S/C23H29F3N6O5S/c1-16(34)32(19(14-33)8-5-12-30-21(27)28)23(31-38(36,37)15-22(24,25)26)18(11-13-29-20(23)35)10-9-17-6-3-2-4-7-17/h2-4,6-7,11,13-14,19,31H,5,8-10,12,15H2,1H3,(H4,27,28,30)/t19-,23?/m0/s1. The fraction of sp³-hybridized carbons (Fsp3) is 0.435. The minimum absolute atomic E-state index is 0.0580. The van der Waals surface area contributed by atoms with E-state index in [9.17, 15) is 36.0 Å². The Morgan fingerprint density at radius 2 is 1.92 bits per heavy atom. The predicted molar refractivity (Wildman–Crippen MR) is 134 cm³/mol. The number of nitrogens with one attached hydrogen (secondary N) is 3. The van der Waals surface area contributed by atoms with E-state index in [1.54, 1.807) is 35.1 Å². The Balaban J connectivity index is 2.61. The molecule has 208 valence electrons. The van der Waals surface area contributed by atoms with Crippen LogP contribution >= 0.6 is 0 Å².